The van der Waals surface area contributed by atoms with Gasteiger partial charge in [-0.25, -0.2) is 4.98 Å². The highest BCUT2D eigenvalue weighted by molar-refractivity contribution is 7.71. The van der Waals surface area contributed by atoms with Crippen molar-refractivity contribution >= 4 is 18.0 Å². The fourth-order valence-electron chi connectivity index (χ4n) is 1.27. The van der Waals surface area contributed by atoms with E-state index in [2.05, 4.69) is 36.1 Å². The summed E-state index contributed by atoms with van der Waals surface area (Å²) in [7, 11) is 0. The maximum absolute atomic E-state index is 5.11. The average molecular weight is 225 g/mol. The molecule has 4 heteroatoms. The van der Waals surface area contributed by atoms with Gasteiger partial charge in [-0.05, 0) is 12.3 Å². The van der Waals surface area contributed by atoms with E-state index in [9.17, 15) is 0 Å². The van der Waals surface area contributed by atoms with E-state index in [0.717, 1.165) is 31.0 Å². The van der Waals surface area contributed by atoms with Gasteiger partial charge >= 0.3 is 0 Å². The minimum Gasteiger partial charge on any atom is -0.371 e. The second-order valence-corrected chi connectivity index (χ2v) is 4.52. The van der Waals surface area contributed by atoms with Crippen LogP contribution in [0.4, 0.5) is 5.82 Å². The summed E-state index contributed by atoms with van der Waals surface area (Å²) in [4.78, 5) is 7.52. The molecule has 0 bridgehead atoms. The number of nitrogens with one attached hydrogen (secondary N) is 2. The Balaban J connectivity index is 2.75. The van der Waals surface area contributed by atoms with E-state index in [1.165, 1.54) is 0 Å². The van der Waals surface area contributed by atoms with Crippen molar-refractivity contribution in [3.63, 3.8) is 0 Å². The SMILES string of the molecule is CCCc1nc(=S)cc(NCC(C)C)[nH]1. The van der Waals surface area contributed by atoms with Crippen LogP contribution in [0.1, 0.15) is 33.0 Å². The Bertz CT molecular complexity index is 357. The van der Waals surface area contributed by atoms with Crippen LogP contribution in [0.2, 0.25) is 0 Å². The van der Waals surface area contributed by atoms with Gasteiger partial charge in [0.15, 0.2) is 0 Å². The monoisotopic (exact) mass is 225 g/mol. The number of hydrogen-bond donors (Lipinski definition) is 2. The summed E-state index contributed by atoms with van der Waals surface area (Å²) in [6, 6.07) is 1.87. The molecular weight excluding hydrogens is 206 g/mol. The van der Waals surface area contributed by atoms with Crippen molar-refractivity contribution in [3.05, 3.63) is 16.5 Å². The fourth-order valence-corrected chi connectivity index (χ4v) is 1.50. The molecule has 0 aliphatic rings. The van der Waals surface area contributed by atoms with Crippen LogP contribution in [-0.2, 0) is 6.42 Å². The number of hydrogen-bond acceptors (Lipinski definition) is 3. The Morgan fingerprint density at radius 1 is 1.53 bits per heavy atom. The standard InChI is InChI=1S/C11H19N3S/c1-4-5-9-13-10(6-11(15)14-9)12-7-8(2)3/h6,8H,4-5,7H2,1-3H3,(H2,12,13,14,15). The summed E-state index contributed by atoms with van der Waals surface area (Å²) in [6.45, 7) is 7.43. The molecule has 0 spiro atoms. The van der Waals surface area contributed by atoms with E-state index < -0.39 is 0 Å². The summed E-state index contributed by atoms with van der Waals surface area (Å²) < 4.78 is 0.656. The Hall–Kier alpha value is -0.900. The molecule has 0 radical (unpaired) electrons. The van der Waals surface area contributed by atoms with Crippen molar-refractivity contribution in [3.8, 4) is 0 Å². The van der Waals surface area contributed by atoms with E-state index in [0.29, 0.717) is 10.6 Å². The van der Waals surface area contributed by atoms with Gasteiger partial charge < -0.3 is 10.3 Å². The normalized spacial score (nSPS) is 10.7. The van der Waals surface area contributed by atoms with Gasteiger partial charge in [-0.2, -0.15) is 0 Å². The Morgan fingerprint density at radius 3 is 2.87 bits per heavy atom. The Labute approximate surface area is 96.3 Å². The summed E-state index contributed by atoms with van der Waals surface area (Å²) in [5, 5.41) is 3.32. The maximum atomic E-state index is 5.11. The van der Waals surface area contributed by atoms with Crippen molar-refractivity contribution in [1.29, 1.82) is 0 Å². The van der Waals surface area contributed by atoms with Crippen LogP contribution in [-0.4, -0.2) is 16.5 Å². The van der Waals surface area contributed by atoms with Gasteiger partial charge in [0, 0.05) is 19.0 Å². The summed E-state index contributed by atoms with van der Waals surface area (Å²) in [5.41, 5.74) is 0. The molecule has 1 aromatic rings. The molecule has 1 aromatic heterocycles. The third-order valence-electron chi connectivity index (χ3n) is 1.98. The predicted molar refractivity (Wildman–Crippen MR) is 66.7 cm³/mol. The van der Waals surface area contributed by atoms with Crippen LogP contribution in [0.15, 0.2) is 6.07 Å². The first kappa shape index (κ1) is 12.2. The zero-order valence-electron chi connectivity index (χ0n) is 9.63. The molecule has 0 aliphatic carbocycles. The number of rotatable bonds is 5. The highest BCUT2D eigenvalue weighted by Gasteiger charge is 1.99. The molecule has 0 saturated heterocycles. The number of anilines is 1. The van der Waals surface area contributed by atoms with Crippen LogP contribution in [0.5, 0.6) is 0 Å². The number of H-pyrrole nitrogens is 1. The molecule has 1 heterocycles. The van der Waals surface area contributed by atoms with Crippen LogP contribution in [0.25, 0.3) is 0 Å². The quantitative estimate of drug-likeness (QED) is 0.756. The summed E-state index contributed by atoms with van der Waals surface area (Å²) in [6.07, 6.45) is 2.02. The second kappa shape index (κ2) is 5.85. The molecule has 15 heavy (non-hydrogen) atoms. The van der Waals surface area contributed by atoms with Gasteiger partial charge in [0.1, 0.15) is 16.3 Å². The highest BCUT2D eigenvalue weighted by Crippen LogP contribution is 2.06. The zero-order chi connectivity index (χ0) is 11.3. The number of aromatic amines is 1. The van der Waals surface area contributed by atoms with E-state index in [4.69, 9.17) is 12.2 Å². The maximum Gasteiger partial charge on any atom is 0.131 e. The minimum atomic E-state index is 0.620. The molecule has 2 N–H and O–H groups in total. The second-order valence-electron chi connectivity index (χ2n) is 4.10. The van der Waals surface area contributed by atoms with Crippen molar-refractivity contribution in [1.82, 2.24) is 9.97 Å². The van der Waals surface area contributed by atoms with Crippen molar-refractivity contribution < 1.29 is 0 Å². The topological polar surface area (TPSA) is 40.7 Å². The lowest BCUT2D eigenvalue weighted by Gasteiger charge is -2.10. The van der Waals surface area contributed by atoms with Crippen molar-refractivity contribution in [2.24, 2.45) is 5.92 Å². The molecule has 0 saturated carbocycles. The smallest absolute Gasteiger partial charge is 0.131 e. The molecule has 0 fully saturated rings. The fraction of sp³-hybridized carbons (Fsp3) is 0.636. The minimum absolute atomic E-state index is 0.620. The van der Waals surface area contributed by atoms with Gasteiger partial charge in [-0.3, -0.25) is 0 Å². The molecule has 0 amide bonds. The predicted octanol–water partition coefficient (Wildman–Crippen LogP) is 3.16. The Kier molecular flexibility index (Phi) is 4.75. The lowest BCUT2D eigenvalue weighted by atomic mass is 10.2. The zero-order valence-corrected chi connectivity index (χ0v) is 10.4. The molecule has 0 aromatic carbocycles. The number of aromatic nitrogens is 2. The van der Waals surface area contributed by atoms with E-state index in [1.54, 1.807) is 0 Å². The molecule has 3 nitrogen and oxygen atoms in total. The van der Waals surface area contributed by atoms with Crippen LogP contribution < -0.4 is 5.32 Å². The average Bonchev–Trinajstić information content (AvgIpc) is 2.14. The van der Waals surface area contributed by atoms with Crippen molar-refractivity contribution in [2.75, 3.05) is 11.9 Å². The first-order chi connectivity index (χ1) is 7.11. The summed E-state index contributed by atoms with van der Waals surface area (Å²) in [5.74, 6) is 2.57. The van der Waals surface area contributed by atoms with Gasteiger partial charge in [0.05, 0.1) is 0 Å². The number of nitrogens with zero attached hydrogens (tertiary/aromatic N) is 1. The van der Waals surface area contributed by atoms with Crippen LogP contribution in [0, 0.1) is 10.6 Å². The number of aryl methyl sites for hydroxylation is 1. The lowest BCUT2D eigenvalue weighted by molar-refractivity contribution is 0.685. The third kappa shape index (κ3) is 4.42. The van der Waals surface area contributed by atoms with Gasteiger partial charge in [0.2, 0.25) is 0 Å². The van der Waals surface area contributed by atoms with Crippen molar-refractivity contribution in [2.45, 2.75) is 33.6 Å². The summed E-state index contributed by atoms with van der Waals surface area (Å²) >= 11 is 5.11. The first-order valence-electron chi connectivity index (χ1n) is 5.46. The molecule has 1 rings (SSSR count). The molecule has 0 unspecified atom stereocenters. The van der Waals surface area contributed by atoms with E-state index in [-0.39, 0.29) is 0 Å². The molecule has 0 aliphatic heterocycles. The van der Waals surface area contributed by atoms with E-state index >= 15 is 0 Å². The van der Waals surface area contributed by atoms with Gasteiger partial charge in [-0.1, -0.05) is 33.0 Å². The molecular formula is C11H19N3S. The highest BCUT2D eigenvalue weighted by atomic mass is 32.1. The van der Waals surface area contributed by atoms with Crippen LogP contribution in [0.3, 0.4) is 0 Å². The van der Waals surface area contributed by atoms with Gasteiger partial charge in [-0.15, -0.1) is 0 Å². The lowest BCUT2D eigenvalue weighted by Crippen LogP contribution is -2.10. The molecule has 84 valence electrons. The largest absolute Gasteiger partial charge is 0.371 e. The van der Waals surface area contributed by atoms with E-state index in [1.807, 2.05) is 6.07 Å². The van der Waals surface area contributed by atoms with Crippen LogP contribution >= 0.6 is 12.2 Å². The van der Waals surface area contributed by atoms with Gasteiger partial charge in [0.25, 0.3) is 0 Å². The first-order valence-corrected chi connectivity index (χ1v) is 5.86. The Morgan fingerprint density at radius 2 is 2.27 bits per heavy atom. The third-order valence-corrected chi connectivity index (χ3v) is 2.19. The molecule has 0 atom stereocenters.